The second-order valence-electron chi connectivity index (χ2n) is 4.69. The Hall–Kier alpha value is -0.610. The van der Waals surface area contributed by atoms with Gasteiger partial charge in [-0.2, -0.15) is 0 Å². The molecule has 0 radical (unpaired) electrons. The van der Waals surface area contributed by atoms with Crippen molar-refractivity contribution in [2.24, 2.45) is 5.92 Å². The second kappa shape index (κ2) is 5.47. The highest BCUT2D eigenvalue weighted by molar-refractivity contribution is 5.78. The topological polar surface area (TPSA) is 44.4 Å². The number of nitrogens with one attached hydrogen (secondary N) is 2. The first-order valence-electron chi connectivity index (χ1n) is 5.73. The Morgan fingerprint density at radius 1 is 1.53 bits per heavy atom. The first-order chi connectivity index (χ1) is 7.06. The molecule has 4 heteroatoms. The Labute approximate surface area is 92.4 Å². The molecule has 0 saturated carbocycles. The first-order valence-corrected chi connectivity index (χ1v) is 5.73. The van der Waals surface area contributed by atoms with E-state index in [1.165, 1.54) is 0 Å². The summed E-state index contributed by atoms with van der Waals surface area (Å²) in [5.41, 5.74) is 0. The molecule has 4 nitrogen and oxygen atoms in total. The van der Waals surface area contributed by atoms with Crippen LogP contribution < -0.4 is 10.6 Å². The lowest BCUT2D eigenvalue weighted by Crippen LogP contribution is -2.60. The van der Waals surface area contributed by atoms with Crippen LogP contribution in [0.4, 0.5) is 0 Å². The predicted octanol–water partition coefficient (Wildman–Crippen LogP) is 0.0507. The SMILES string of the molecule is CNCC(C)N1CC(=O)NCC1C(C)C. The summed E-state index contributed by atoms with van der Waals surface area (Å²) in [4.78, 5) is 13.7. The number of carbonyl (C=O) groups is 1. The van der Waals surface area contributed by atoms with Crippen molar-refractivity contribution >= 4 is 5.91 Å². The van der Waals surface area contributed by atoms with E-state index in [0.29, 0.717) is 24.5 Å². The standard InChI is InChI=1S/C11H23N3O/c1-8(2)10-6-13-11(15)7-14(10)9(3)5-12-4/h8-10,12H,5-7H2,1-4H3,(H,13,15). The fraction of sp³-hybridized carbons (Fsp3) is 0.909. The lowest BCUT2D eigenvalue weighted by molar-refractivity contribution is -0.127. The molecule has 2 N–H and O–H groups in total. The van der Waals surface area contributed by atoms with E-state index in [4.69, 9.17) is 0 Å². The third kappa shape index (κ3) is 3.18. The molecule has 15 heavy (non-hydrogen) atoms. The van der Waals surface area contributed by atoms with Gasteiger partial charge in [0.1, 0.15) is 0 Å². The minimum Gasteiger partial charge on any atom is -0.353 e. The summed E-state index contributed by atoms with van der Waals surface area (Å²) in [5, 5.41) is 6.11. The van der Waals surface area contributed by atoms with Crippen LogP contribution in [0.2, 0.25) is 0 Å². The Bertz CT molecular complexity index is 218. The van der Waals surface area contributed by atoms with Crippen LogP contribution in [0.25, 0.3) is 0 Å². The summed E-state index contributed by atoms with van der Waals surface area (Å²) in [6, 6.07) is 0.875. The molecule has 1 heterocycles. The van der Waals surface area contributed by atoms with Crippen LogP contribution in [0.1, 0.15) is 20.8 Å². The van der Waals surface area contributed by atoms with Crippen LogP contribution in [-0.4, -0.2) is 49.6 Å². The van der Waals surface area contributed by atoms with Gasteiger partial charge in [0.2, 0.25) is 5.91 Å². The van der Waals surface area contributed by atoms with Gasteiger partial charge in [0, 0.05) is 25.2 Å². The Balaban J connectivity index is 2.65. The average molecular weight is 213 g/mol. The lowest BCUT2D eigenvalue weighted by Gasteiger charge is -2.41. The zero-order valence-corrected chi connectivity index (χ0v) is 10.2. The number of carbonyl (C=O) groups excluding carboxylic acids is 1. The molecule has 1 amide bonds. The van der Waals surface area contributed by atoms with Gasteiger partial charge in [-0.3, -0.25) is 9.69 Å². The van der Waals surface area contributed by atoms with Crippen molar-refractivity contribution in [3.63, 3.8) is 0 Å². The van der Waals surface area contributed by atoms with Crippen LogP contribution >= 0.6 is 0 Å². The molecule has 1 aliphatic rings. The van der Waals surface area contributed by atoms with Crippen LogP contribution in [0.15, 0.2) is 0 Å². The monoisotopic (exact) mass is 213 g/mol. The van der Waals surface area contributed by atoms with Crippen molar-refractivity contribution < 1.29 is 4.79 Å². The summed E-state index contributed by atoms with van der Waals surface area (Å²) in [5.74, 6) is 0.722. The van der Waals surface area contributed by atoms with Gasteiger partial charge in [0.15, 0.2) is 0 Å². The van der Waals surface area contributed by atoms with Gasteiger partial charge in [-0.05, 0) is 19.9 Å². The zero-order valence-electron chi connectivity index (χ0n) is 10.2. The van der Waals surface area contributed by atoms with Gasteiger partial charge in [0.05, 0.1) is 6.54 Å². The van der Waals surface area contributed by atoms with Crippen molar-refractivity contribution in [3.8, 4) is 0 Å². The van der Waals surface area contributed by atoms with E-state index < -0.39 is 0 Å². The van der Waals surface area contributed by atoms with E-state index >= 15 is 0 Å². The van der Waals surface area contributed by atoms with Crippen LogP contribution in [0.5, 0.6) is 0 Å². The minimum atomic E-state index is 0.148. The molecule has 1 aliphatic heterocycles. The summed E-state index contributed by atoms with van der Waals surface area (Å²) in [7, 11) is 1.95. The van der Waals surface area contributed by atoms with E-state index in [0.717, 1.165) is 13.1 Å². The average Bonchev–Trinajstić information content (AvgIpc) is 2.17. The zero-order chi connectivity index (χ0) is 11.4. The van der Waals surface area contributed by atoms with E-state index in [9.17, 15) is 4.79 Å². The molecule has 88 valence electrons. The molecule has 1 fully saturated rings. The van der Waals surface area contributed by atoms with Crippen molar-refractivity contribution in [2.45, 2.75) is 32.9 Å². The Morgan fingerprint density at radius 2 is 2.20 bits per heavy atom. The summed E-state index contributed by atoms with van der Waals surface area (Å²) in [6.07, 6.45) is 0. The first kappa shape index (κ1) is 12.5. The fourth-order valence-corrected chi connectivity index (χ4v) is 2.19. The molecule has 0 spiro atoms. The van der Waals surface area contributed by atoms with Crippen LogP contribution in [0.3, 0.4) is 0 Å². The molecule has 0 bridgehead atoms. The van der Waals surface area contributed by atoms with Gasteiger partial charge in [-0.1, -0.05) is 13.8 Å². The second-order valence-corrected chi connectivity index (χ2v) is 4.69. The molecule has 2 unspecified atom stereocenters. The third-order valence-corrected chi connectivity index (χ3v) is 3.10. The summed E-state index contributed by atoms with van der Waals surface area (Å²) >= 11 is 0. The molecule has 0 aromatic rings. The van der Waals surface area contributed by atoms with Gasteiger partial charge < -0.3 is 10.6 Å². The molecular weight excluding hydrogens is 190 g/mol. The quantitative estimate of drug-likeness (QED) is 0.693. The number of piperazine rings is 1. The smallest absolute Gasteiger partial charge is 0.234 e. The highest BCUT2D eigenvalue weighted by atomic mass is 16.2. The molecule has 1 rings (SSSR count). The van der Waals surface area contributed by atoms with E-state index in [1.807, 2.05) is 7.05 Å². The minimum absolute atomic E-state index is 0.148. The van der Waals surface area contributed by atoms with Crippen molar-refractivity contribution in [2.75, 3.05) is 26.7 Å². The maximum atomic E-state index is 11.4. The van der Waals surface area contributed by atoms with Crippen molar-refractivity contribution in [3.05, 3.63) is 0 Å². The number of hydrogen-bond acceptors (Lipinski definition) is 3. The van der Waals surface area contributed by atoms with E-state index in [-0.39, 0.29) is 5.91 Å². The Morgan fingerprint density at radius 3 is 2.73 bits per heavy atom. The number of likely N-dealkylation sites (N-methyl/N-ethyl adjacent to an activating group) is 1. The largest absolute Gasteiger partial charge is 0.353 e. The Kier molecular flexibility index (Phi) is 4.54. The van der Waals surface area contributed by atoms with Crippen molar-refractivity contribution in [1.82, 2.24) is 15.5 Å². The molecule has 0 aliphatic carbocycles. The molecule has 2 atom stereocenters. The number of amides is 1. The predicted molar refractivity (Wildman–Crippen MR) is 61.7 cm³/mol. The molecule has 0 aromatic carbocycles. The van der Waals surface area contributed by atoms with Crippen LogP contribution in [-0.2, 0) is 4.79 Å². The number of rotatable bonds is 4. The molecular formula is C11H23N3O. The van der Waals surface area contributed by atoms with E-state index in [1.54, 1.807) is 0 Å². The fourth-order valence-electron chi connectivity index (χ4n) is 2.19. The van der Waals surface area contributed by atoms with Gasteiger partial charge >= 0.3 is 0 Å². The van der Waals surface area contributed by atoms with Crippen molar-refractivity contribution in [1.29, 1.82) is 0 Å². The maximum absolute atomic E-state index is 11.4. The molecule has 1 saturated heterocycles. The summed E-state index contributed by atoms with van der Waals surface area (Å²) in [6.45, 7) is 8.83. The van der Waals surface area contributed by atoms with E-state index in [2.05, 4.69) is 36.3 Å². The lowest BCUT2D eigenvalue weighted by atomic mass is 9.98. The normalized spacial score (nSPS) is 25.4. The van der Waals surface area contributed by atoms with Gasteiger partial charge in [-0.25, -0.2) is 0 Å². The van der Waals surface area contributed by atoms with Crippen LogP contribution in [0, 0.1) is 5.92 Å². The van der Waals surface area contributed by atoms with Gasteiger partial charge in [0.25, 0.3) is 0 Å². The third-order valence-electron chi connectivity index (χ3n) is 3.10. The number of nitrogens with zero attached hydrogens (tertiary/aromatic N) is 1. The number of hydrogen-bond donors (Lipinski definition) is 2. The maximum Gasteiger partial charge on any atom is 0.234 e. The highest BCUT2D eigenvalue weighted by Crippen LogP contribution is 2.15. The van der Waals surface area contributed by atoms with Gasteiger partial charge in [-0.15, -0.1) is 0 Å². The summed E-state index contributed by atoms with van der Waals surface area (Å²) < 4.78 is 0. The highest BCUT2D eigenvalue weighted by Gasteiger charge is 2.31. The molecule has 0 aromatic heterocycles.